The Kier molecular flexibility index (Phi) is 9.29. The first-order valence-electron chi connectivity index (χ1n) is 9.60. The van der Waals surface area contributed by atoms with Crippen molar-refractivity contribution in [2.75, 3.05) is 47.5 Å². The summed E-state index contributed by atoms with van der Waals surface area (Å²) in [7, 11) is 4.84. The van der Waals surface area contributed by atoms with Crippen molar-refractivity contribution in [2.45, 2.75) is 6.54 Å². The van der Waals surface area contributed by atoms with Crippen LogP contribution in [0.2, 0.25) is 0 Å². The van der Waals surface area contributed by atoms with Gasteiger partial charge in [0.1, 0.15) is 0 Å². The molecule has 10 nitrogen and oxygen atoms in total. The van der Waals surface area contributed by atoms with Crippen molar-refractivity contribution < 1.29 is 38.8 Å². The third kappa shape index (κ3) is 6.59. The molecule has 3 rings (SSSR count). The third-order valence-electron chi connectivity index (χ3n) is 4.71. The zero-order valence-corrected chi connectivity index (χ0v) is 18.9. The number of rotatable bonds is 6. The molecule has 0 radical (unpaired) electrons. The maximum absolute atomic E-state index is 12.4. The van der Waals surface area contributed by atoms with Gasteiger partial charge in [0.2, 0.25) is 5.75 Å². The van der Waals surface area contributed by atoms with E-state index in [9.17, 15) is 4.79 Å². The summed E-state index contributed by atoms with van der Waals surface area (Å²) in [4.78, 5) is 35.7. The molecule has 0 atom stereocenters. The monoisotopic (exact) mass is 466 g/mol. The van der Waals surface area contributed by atoms with Gasteiger partial charge in [-0.1, -0.05) is 6.07 Å². The van der Waals surface area contributed by atoms with E-state index in [4.69, 9.17) is 34.0 Å². The van der Waals surface area contributed by atoms with Gasteiger partial charge < -0.3 is 29.3 Å². The lowest BCUT2D eigenvalue weighted by Gasteiger charge is -2.34. The largest absolute Gasteiger partial charge is 0.493 e. The molecule has 1 saturated heterocycles. The molecule has 1 fully saturated rings. The molecule has 1 aliphatic rings. The molecular formula is C21H26N2O8S. The molecule has 0 spiro atoms. The van der Waals surface area contributed by atoms with E-state index in [0.29, 0.717) is 17.2 Å². The summed E-state index contributed by atoms with van der Waals surface area (Å²) in [6.45, 7) is 3.93. The number of carboxylic acid groups (broad SMARTS) is 2. The second kappa shape index (κ2) is 11.9. The van der Waals surface area contributed by atoms with Gasteiger partial charge >= 0.3 is 11.9 Å². The van der Waals surface area contributed by atoms with Crippen LogP contribution < -0.4 is 14.2 Å². The highest BCUT2D eigenvalue weighted by molar-refractivity contribution is 7.12. The Bertz CT molecular complexity index is 887. The summed E-state index contributed by atoms with van der Waals surface area (Å²) in [5, 5.41) is 16.7. The number of benzene rings is 1. The molecule has 0 bridgehead atoms. The number of hydrogen-bond acceptors (Lipinski definition) is 8. The van der Waals surface area contributed by atoms with Crippen LogP contribution in [-0.4, -0.2) is 85.4 Å². The molecule has 2 heterocycles. The Morgan fingerprint density at radius 2 is 1.50 bits per heavy atom. The van der Waals surface area contributed by atoms with Crippen molar-refractivity contribution >= 4 is 29.2 Å². The molecule has 0 unspecified atom stereocenters. The minimum absolute atomic E-state index is 0.132. The second-order valence-electron chi connectivity index (χ2n) is 6.69. The average molecular weight is 467 g/mol. The predicted octanol–water partition coefficient (Wildman–Crippen LogP) is 1.89. The maximum Gasteiger partial charge on any atom is 0.414 e. The van der Waals surface area contributed by atoms with Crippen molar-refractivity contribution in [3.05, 3.63) is 40.1 Å². The number of carboxylic acids is 2. The molecule has 32 heavy (non-hydrogen) atoms. The number of hydrogen-bond donors (Lipinski definition) is 2. The number of aliphatic carboxylic acids is 2. The lowest BCUT2D eigenvalue weighted by Crippen LogP contribution is -2.48. The summed E-state index contributed by atoms with van der Waals surface area (Å²) >= 11 is 1.50. The fraction of sp³-hybridized carbons (Fsp3) is 0.381. The van der Waals surface area contributed by atoms with Gasteiger partial charge in [0, 0.05) is 32.7 Å². The smallest absolute Gasteiger partial charge is 0.414 e. The Labute approximate surface area is 189 Å². The number of piperazine rings is 1. The zero-order chi connectivity index (χ0) is 23.7. The zero-order valence-electron chi connectivity index (χ0n) is 18.1. The molecule has 1 amide bonds. The van der Waals surface area contributed by atoms with E-state index < -0.39 is 11.9 Å². The van der Waals surface area contributed by atoms with Gasteiger partial charge in [0.15, 0.2) is 11.5 Å². The normalized spacial score (nSPS) is 13.5. The minimum Gasteiger partial charge on any atom is -0.493 e. The lowest BCUT2D eigenvalue weighted by molar-refractivity contribution is -0.159. The topological polar surface area (TPSA) is 126 Å². The summed E-state index contributed by atoms with van der Waals surface area (Å²) in [6.07, 6.45) is 0. The number of methoxy groups -OCH3 is 3. The average Bonchev–Trinajstić information content (AvgIpc) is 3.33. The molecule has 174 valence electrons. The summed E-state index contributed by atoms with van der Waals surface area (Å²) < 4.78 is 16.2. The Hall–Kier alpha value is -3.31. The first kappa shape index (κ1) is 25.0. The summed E-state index contributed by atoms with van der Waals surface area (Å²) in [5.41, 5.74) is 1.09. The minimum atomic E-state index is -1.82. The van der Waals surface area contributed by atoms with Gasteiger partial charge in [-0.2, -0.15) is 0 Å². The van der Waals surface area contributed by atoms with E-state index in [-0.39, 0.29) is 5.91 Å². The molecule has 0 aliphatic carbocycles. The van der Waals surface area contributed by atoms with Gasteiger partial charge in [-0.15, -0.1) is 11.3 Å². The predicted molar refractivity (Wildman–Crippen MR) is 117 cm³/mol. The van der Waals surface area contributed by atoms with Gasteiger partial charge in [-0.3, -0.25) is 9.69 Å². The second-order valence-corrected chi connectivity index (χ2v) is 7.64. The van der Waals surface area contributed by atoms with E-state index in [1.165, 1.54) is 11.3 Å². The van der Waals surface area contributed by atoms with Crippen LogP contribution >= 0.6 is 11.3 Å². The Balaban J connectivity index is 0.000000534. The number of nitrogens with zero attached hydrogens (tertiary/aromatic N) is 2. The highest BCUT2D eigenvalue weighted by Crippen LogP contribution is 2.38. The Morgan fingerprint density at radius 1 is 0.938 bits per heavy atom. The Morgan fingerprint density at radius 3 is 1.91 bits per heavy atom. The number of carbonyl (C=O) groups is 3. The van der Waals surface area contributed by atoms with Gasteiger partial charge in [0.05, 0.1) is 26.2 Å². The van der Waals surface area contributed by atoms with Crippen LogP contribution in [-0.2, 0) is 16.1 Å². The van der Waals surface area contributed by atoms with Crippen molar-refractivity contribution in [3.8, 4) is 17.2 Å². The molecule has 11 heteroatoms. The van der Waals surface area contributed by atoms with Gasteiger partial charge in [-0.25, -0.2) is 9.59 Å². The van der Waals surface area contributed by atoms with Crippen molar-refractivity contribution in [1.29, 1.82) is 0 Å². The van der Waals surface area contributed by atoms with Crippen LogP contribution in [0.15, 0.2) is 29.6 Å². The van der Waals surface area contributed by atoms with Gasteiger partial charge in [-0.05, 0) is 29.1 Å². The lowest BCUT2D eigenvalue weighted by atomic mass is 10.1. The number of amides is 1. The molecular weight excluding hydrogens is 440 g/mol. The molecule has 1 aromatic carbocycles. The number of carbonyl (C=O) groups excluding carboxylic acids is 1. The number of thiophene rings is 1. The van der Waals surface area contributed by atoms with Crippen LogP contribution in [0.5, 0.6) is 17.2 Å². The molecule has 2 aromatic rings. The first-order valence-corrected chi connectivity index (χ1v) is 10.5. The van der Waals surface area contributed by atoms with Crippen LogP contribution in [0.4, 0.5) is 0 Å². The standard InChI is InChI=1S/C19H24N2O4S.C2H2O4/c1-23-15-11-14(12-16(24-2)18(15)25-3)13-20-6-8-21(9-7-20)19(22)17-5-4-10-26-17;3-1(4)2(5)6/h4-5,10-12H,6-9,13H2,1-3H3;(H,3,4)(H,5,6). The molecule has 0 saturated carbocycles. The van der Waals surface area contributed by atoms with Crippen LogP contribution in [0.3, 0.4) is 0 Å². The first-order chi connectivity index (χ1) is 15.3. The van der Waals surface area contributed by atoms with E-state index >= 15 is 0 Å². The van der Waals surface area contributed by atoms with E-state index in [2.05, 4.69) is 4.90 Å². The maximum atomic E-state index is 12.4. The quantitative estimate of drug-likeness (QED) is 0.614. The highest BCUT2D eigenvalue weighted by atomic mass is 32.1. The van der Waals surface area contributed by atoms with Crippen molar-refractivity contribution in [3.63, 3.8) is 0 Å². The highest BCUT2D eigenvalue weighted by Gasteiger charge is 2.23. The third-order valence-corrected chi connectivity index (χ3v) is 5.56. The van der Waals surface area contributed by atoms with Crippen molar-refractivity contribution in [2.24, 2.45) is 0 Å². The van der Waals surface area contributed by atoms with Crippen LogP contribution in [0.25, 0.3) is 0 Å². The number of ether oxygens (including phenoxy) is 3. The van der Waals surface area contributed by atoms with E-state index in [0.717, 1.165) is 43.2 Å². The van der Waals surface area contributed by atoms with Crippen LogP contribution in [0.1, 0.15) is 15.2 Å². The molecule has 2 N–H and O–H groups in total. The summed E-state index contributed by atoms with van der Waals surface area (Å²) in [5.74, 6) is -1.59. The van der Waals surface area contributed by atoms with E-state index in [1.54, 1.807) is 21.3 Å². The fourth-order valence-electron chi connectivity index (χ4n) is 3.15. The summed E-state index contributed by atoms with van der Waals surface area (Å²) in [6, 6.07) is 7.75. The molecule has 1 aromatic heterocycles. The SMILES string of the molecule is COc1cc(CN2CCN(C(=O)c3cccs3)CC2)cc(OC)c1OC.O=C(O)C(=O)O. The van der Waals surface area contributed by atoms with Gasteiger partial charge in [0.25, 0.3) is 5.91 Å². The fourth-order valence-corrected chi connectivity index (χ4v) is 3.84. The van der Waals surface area contributed by atoms with Crippen molar-refractivity contribution in [1.82, 2.24) is 9.80 Å². The van der Waals surface area contributed by atoms with E-state index in [1.807, 2.05) is 34.5 Å². The van der Waals surface area contributed by atoms with Crippen LogP contribution in [0, 0.1) is 0 Å². The molecule has 1 aliphatic heterocycles.